The first kappa shape index (κ1) is 12.4. The van der Waals surface area contributed by atoms with Crippen LogP contribution in [0, 0.1) is 11.3 Å². The molecule has 18 heavy (non-hydrogen) atoms. The summed E-state index contributed by atoms with van der Waals surface area (Å²) < 4.78 is 0. The molecule has 1 aromatic carbocycles. The van der Waals surface area contributed by atoms with Crippen molar-refractivity contribution in [3.8, 4) is 6.07 Å². The monoisotopic (exact) mass is 254 g/mol. The van der Waals surface area contributed by atoms with Gasteiger partial charge in [-0.15, -0.1) is 11.3 Å². The first-order chi connectivity index (χ1) is 8.77. The van der Waals surface area contributed by atoms with Crippen LogP contribution in [0.5, 0.6) is 0 Å². The molecule has 2 nitrogen and oxygen atoms in total. The summed E-state index contributed by atoms with van der Waals surface area (Å²) >= 11 is 1.53. The van der Waals surface area contributed by atoms with E-state index in [0.29, 0.717) is 11.3 Å². The molecule has 2 aromatic rings. The second kappa shape index (κ2) is 5.52. The van der Waals surface area contributed by atoms with E-state index in [-0.39, 0.29) is 0 Å². The zero-order valence-corrected chi connectivity index (χ0v) is 11.0. The van der Waals surface area contributed by atoms with Crippen molar-refractivity contribution in [2.24, 2.45) is 5.73 Å². The molecular formula is C15H14N2S. The van der Waals surface area contributed by atoms with Crippen LogP contribution in [0.4, 0.5) is 0 Å². The number of allylic oxidation sites excluding steroid dienone is 1. The van der Waals surface area contributed by atoms with Crippen molar-refractivity contribution in [3.63, 3.8) is 0 Å². The first-order valence-electron chi connectivity index (χ1n) is 5.80. The lowest BCUT2D eigenvalue weighted by Gasteiger charge is -2.09. The van der Waals surface area contributed by atoms with E-state index < -0.39 is 0 Å². The van der Waals surface area contributed by atoms with E-state index in [1.165, 1.54) is 16.9 Å². The number of hydrogen-bond donors (Lipinski definition) is 1. The molecule has 0 spiro atoms. The van der Waals surface area contributed by atoms with Crippen molar-refractivity contribution in [1.82, 2.24) is 0 Å². The molecule has 90 valence electrons. The molecule has 0 amide bonds. The Labute approximate surface area is 111 Å². The third-order valence-corrected chi connectivity index (χ3v) is 3.72. The highest BCUT2D eigenvalue weighted by Crippen LogP contribution is 2.27. The quantitative estimate of drug-likeness (QED) is 0.850. The third kappa shape index (κ3) is 2.29. The number of hydrogen-bond acceptors (Lipinski definition) is 3. The number of aryl methyl sites for hydroxylation is 1. The highest BCUT2D eigenvalue weighted by molar-refractivity contribution is 7.11. The fourth-order valence-electron chi connectivity index (χ4n) is 1.89. The second-order valence-corrected chi connectivity index (χ2v) is 4.84. The van der Waals surface area contributed by atoms with Gasteiger partial charge < -0.3 is 5.73 Å². The van der Waals surface area contributed by atoms with Gasteiger partial charge in [0.1, 0.15) is 6.07 Å². The van der Waals surface area contributed by atoms with Crippen molar-refractivity contribution >= 4 is 22.6 Å². The van der Waals surface area contributed by atoms with Crippen LogP contribution < -0.4 is 5.73 Å². The van der Waals surface area contributed by atoms with E-state index in [1.807, 2.05) is 41.8 Å². The third-order valence-electron chi connectivity index (χ3n) is 2.84. The summed E-state index contributed by atoms with van der Waals surface area (Å²) in [7, 11) is 0. The fraction of sp³-hybridized carbons (Fsp3) is 0.133. The molecular weight excluding hydrogens is 240 g/mol. The number of rotatable bonds is 3. The molecule has 0 unspecified atom stereocenters. The fourth-order valence-corrected chi connectivity index (χ4v) is 2.63. The minimum absolute atomic E-state index is 0.561. The summed E-state index contributed by atoms with van der Waals surface area (Å²) in [5.41, 5.74) is 9.44. The van der Waals surface area contributed by atoms with E-state index in [0.717, 1.165) is 16.9 Å². The summed E-state index contributed by atoms with van der Waals surface area (Å²) in [4.78, 5) is 0.918. The molecule has 0 aliphatic carbocycles. The van der Waals surface area contributed by atoms with Gasteiger partial charge in [-0.1, -0.05) is 37.3 Å². The van der Waals surface area contributed by atoms with Gasteiger partial charge in [-0.3, -0.25) is 0 Å². The average molecular weight is 254 g/mol. The van der Waals surface area contributed by atoms with Gasteiger partial charge in [0, 0.05) is 10.4 Å². The maximum absolute atomic E-state index is 9.31. The molecule has 2 N–H and O–H groups in total. The van der Waals surface area contributed by atoms with Gasteiger partial charge in [-0.05, 0) is 23.4 Å². The molecule has 3 heteroatoms. The van der Waals surface area contributed by atoms with E-state index >= 15 is 0 Å². The molecule has 1 heterocycles. The van der Waals surface area contributed by atoms with Crippen molar-refractivity contribution < 1.29 is 0 Å². The van der Waals surface area contributed by atoms with Gasteiger partial charge in [0.15, 0.2) is 0 Å². The minimum Gasteiger partial charge on any atom is -0.397 e. The van der Waals surface area contributed by atoms with Crippen molar-refractivity contribution in [1.29, 1.82) is 5.26 Å². The second-order valence-electron chi connectivity index (χ2n) is 3.89. The van der Waals surface area contributed by atoms with Gasteiger partial charge in [0.05, 0.1) is 11.3 Å². The van der Waals surface area contributed by atoms with Crippen LogP contribution in [0.3, 0.4) is 0 Å². The molecule has 0 radical (unpaired) electrons. The molecule has 2 rings (SSSR count). The Morgan fingerprint density at radius 2 is 2.06 bits per heavy atom. The smallest absolute Gasteiger partial charge is 0.103 e. The average Bonchev–Trinajstić information content (AvgIpc) is 2.93. The summed E-state index contributed by atoms with van der Waals surface area (Å²) in [6, 6.07) is 14.0. The molecule has 1 aromatic heterocycles. The standard InChI is InChI=1S/C15H14N2S/c1-2-11-6-3-4-7-12(11)15(17)13(10-16)14-8-5-9-18-14/h3-9H,2,17H2,1H3/b15-13+. The Hall–Kier alpha value is -2.05. The Bertz CT molecular complexity index is 604. The SMILES string of the molecule is CCc1ccccc1/C(N)=C(/C#N)c1cccs1. The van der Waals surface area contributed by atoms with E-state index in [2.05, 4.69) is 13.0 Å². The zero-order chi connectivity index (χ0) is 13.0. The summed E-state index contributed by atoms with van der Waals surface area (Å²) in [5, 5.41) is 11.3. The lowest BCUT2D eigenvalue weighted by atomic mass is 9.99. The Morgan fingerprint density at radius 3 is 2.67 bits per heavy atom. The molecule has 0 saturated heterocycles. The topological polar surface area (TPSA) is 49.8 Å². The van der Waals surface area contributed by atoms with Gasteiger partial charge >= 0.3 is 0 Å². The van der Waals surface area contributed by atoms with Gasteiger partial charge in [0.2, 0.25) is 0 Å². The number of nitrogens with zero attached hydrogens (tertiary/aromatic N) is 1. The van der Waals surface area contributed by atoms with Gasteiger partial charge in [-0.2, -0.15) is 5.26 Å². The lowest BCUT2D eigenvalue weighted by molar-refractivity contribution is 1.13. The normalized spacial score (nSPS) is 11.8. The molecule has 0 fully saturated rings. The summed E-state index contributed by atoms with van der Waals surface area (Å²) in [5.74, 6) is 0. The van der Waals surface area contributed by atoms with E-state index in [1.54, 1.807) is 0 Å². The minimum atomic E-state index is 0.561. The number of nitriles is 1. The highest BCUT2D eigenvalue weighted by Gasteiger charge is 2.11. The van der Waals surface area contributed by atoms with E-state index in [4.69, 9.17) is 5.73 Å². The number of thiophene rings is 1. The Balaban J connectivity index is 2.58. The maximum Gasteiger partial charge on any atom is 0.103 e. The Kier molecular flexibility index (Phi) is 3.81. The van der Waals surface area contributed by atoms with Crippen LogP contribution in [0.2, 0.25) is 0 Å². The summed E-state index contributed by atoms with van der Waals surface area (Å²) in [6.45, 7) is 2.09. The largest absolute Gasteiger partial charge is 0.397 e. The van der Waals surface area contributed by atoms with Crippen LogP contribution in [0.25, 0.3) is 11.3 Å². The van der Waals surface area contributed by atoms with E-state index in [9.17, 15) is 5.26 Å². The predicted molar refractivity (Wildman–Crippen MR) is 76.8 cm³/mol. The lowest BCUT2D eigenvalue weighted by Crippen LogP contribution is -2.03. The van der Waals surface area contributed by atoms with Crippen LogP contribution in [0.1, 0.15) is 22.9 Å². The van der Waals surface area contributed by atoms with Crippen LogP contribution in [-0.4, -0.2) is 0 Å². The van der Waals surface area contributed by atoms with Crippen LogP contribution >= 0.6 is 11.3 Å². The van der Waals surface area contributed by atoms with Crippen molar-refractivity contribution in [2.75, 3.05) is 0 Å². The van der Waals surface area contributed by atoms with Crippen molar-refractivity contribution in [2.45, 2.75) is 13.3 Å². The maximum atomic E-state index is 9.31. The molecule has 0 aliphatic heterocycles. The molecule has 0 bridgehead atoms. The first-order valence-corrected chi connectivity index (χ1v) is 6.68. The number of benzene rings is 1. The Morgan fingerprint density at radius 1 is 1.28 bits per heavy atom. The van der Waals surface area contributed by atoms with Crippen LogP contribution in [0.15, 0.2) is 41.8 Å². The summed E-state index contributed by atoms with van der Waals surface area (Å²) in [6.07, 6.45) is 0.903. The predicted octanol–water partition coefficient (Wildman–Crippen LogP) is 3.66. The van der Waals surface area contributed by atoms with Crippen molar-refractivity contribution in [3.05, 3.63) is 57.8 Å². The molecule has 0 aliphatic rings. The van der Waals surface area contributed by atoms with Gasteiger partial charge in [-0.25, -0.2) is 0 Å². The molecule has 0 atom stereocenters. The zero-order valence-electron chi connectivity index (χ0n) is 10.2. The molecule has 0 saturated carbocycles. The number of nitrogens with two attached hydrogens (primary N) is 1. The highest BCUT2D eigenvalue weighted by atomic mass is 32.1. The van der Waals surface area contributed by atoms with Gasteiger partial charge in [0.25, 0.3) is 0 Å². The van der Waals surface area contributed by atoms with Crippen LogP contribution in [-0.2, 0) is 6.42 Å².